The van der Waals surface area contributed by atoms with Gasteiger partial charge in [-0.3, -0.25) is 0 Å². The van der Waals surface area contributed by atoms with Gasteiger partial charge >= 0.3 is 0 Å². The van der Waals surface area contributed by atoms with Crippen molar-refractivity contribution in [2.75, 3.05) is 12.8 Å². The Balaban J connectivity index is 3.21. The minimum Gasteiger partial charge on any atom is -0.317 e. The van der Waals surface area contributed by atoms with E-state index in [0.29, 0.717) is 6.04 Å². The van der Waals surface area contributed by atoms with Gasteiger partial charge in [-0.2, -0.15) is 11.8 Å². The zero-order valence-electron chi connectivity index (χ0n) is 10.5. The monoisotopic (exact) mass is 217 g/mol. The summed E-state index contributed by atoms with van der Waals surface area (Å²) in [5.74, 6) is 2.15. The molecule has 2 heteroatoms. The van der Waals surface area contributed by atoms with Crippen molar-refractivity contribution in [3.05, 3.63) is 0 Å². The summed E-state index contributed by atoms with van der Waals surface area (Å²) in [6.45, 7) is 9.21. The van der Waals surface area contributed by atoms with Crippen LogP contribution in [-0.4, -0.2) is 24.1 Å². The summed E-state index contributed by atoms with van der Waals surface area (Å²) in [7, 11) is 2.04. The number of unbranched alkanes of at least 4 members (excludes halogenated alkanes) is 1. The molecule has 2 unspecified atom stereocenters. The van der Waals surface area contributed by atoms with Crippen LogP contribution in [0.25, 0.3) is 0 Å². The zero-order valence-corrected chi connectivity index (χ0v) is 11.3. The predicted molar refractivity (Wildman–Crippen MR) is 69.1 cm³/mol. The Hall–Kier alpha value is 0.310. The molecule has 0 spiro atoms. The maximum Gasteiger partial charge on any atom is 0.00417 e. The largest absolute Gasteiger partial charge is 0.317 e. The number of hydrogen-bond acceptors (Lipinski definition) is 2. The molecule has 1 N–H and O–H groups in total. The number of hydrogen-bond donors (Lipinski definition) is 1. The van der Waals surface area contributed by atoms with Crippen LogP contribution in [0.5, 0.6) is 0 Å². The van der Waals surface area contributed by atoms with E-state index in [4.69, 9.17) is 0 Å². The van der Waals surface area contributed by atoms with Gasteiger partial charge in [-0.1, -0.05) is 27.2 Å². The average molecular weight is 217 g/mol. The molecule has 0 aliphatic heterocycles. The van der Waals surface area contributed by atoms with Gasteiger partial charge < -0.3 is 5.32 Å². The summed E-state index contributed by atoms with van der Waals surface area (Å²) in [6.07, 6.45) is 4.04. The highest BCUT2D eigenvalue weighted by Crippen LogP contribution is 2.20. The fourth-order valence-electron chi connectivity index (χ4n) is 1.16. The van der Waals surface area contributed by atoms with Crippen molar-refractivity contribution in [2.45, 2.75) is 58.2 Å². The molecule has 14 heavy (non-hydrogen) atoms. The smallest absolute Gasteiger partial charge is 0.00417 e. The molecule has 0 aromatic carbocycles. The Morgan fingerprint density at radius 3 is 2.21 bits per heavy atom. The molecular weight excluding hydrogens is 190 g/mol. The molecule has 2 atom stereocenters. The SMILES string of the molecule is CNC(C)CCCCSC(C)C(C)C. The first-order valence-electron chi connectivity index (χ1n) is 5.86. The Bertz CT molecular complexity index is 125. The van der Waals surface area contributed by atoms with Crippen LogP contribution in [0.4, 0.5) is 0 Å². The summed E-state index contributed by atoms with van der Waals surface area (Å²) in [5, 5.41) is 4.09. The van der Waals surface area contributed by atoms with Gasteiger partial charge in [-0.25, -0.2) is 0 Å². The van der Waals surface area contributed by atoms with Crippen molar-refractivity contribution < 1.29 is 0 Å². The molecule has 0 rings (SSSR count). The minimum atomic E-state index is 0.683. The number of rotatable bonds is 8. The molecule has 0 aliphatic rings. The van der Waals surface area contributed by atoms with Gasteiger partial charge in [0.15, 0.2) is 0 Å². The zero-order chi connectivity index (χ0) is 11.0. The van der Waals surface area contributed by atoms with Crippen LogP contribution in [0, 0.1) is 5.92 Å². The van der Waals surface area contributed by atoms with E-state index in [9.17, 15) is 0 Å². The molecule has 0 saturated carbocycles. The lowest BCUT2D eigenvalue weighted by Gasteiger charge is -2.15. The van der Waals surface area contributed by atoms with Crippen LogP contribution < -0.4 is 5.32 Å². The number of thioether (sulfide) groups is 1. The van der Waals surface area contributed by atoms with Crippen molar-refractivity contribution in [3.8, 4) is 0 Å². The third-order valence-electron chi connectivity index (χ3n) is 2.84. The number of nitrogens with one attached hydrogen (secondary N) is 1. The summed E-state index contributed by atoms with van der Waals surface area (Å²) in [4.78, 5) is 0. The Morgan fingerprint density at radius 2 is 1.71 bits per heavy atom. The van der Waals surface area contributed by atoms with Crippen molar-refractivity contribution in [3.63, 3.8) is 0 Å². The molecule has 0 aromatic heterocycles. The van der Waals surface area contributed by atoms with E-state index in [-0.39, 0.29) is 0 Å². The lowest BCUT2D eigenvalue weighted by molar-refractivity contribution is 0.538. The lowest BCUT2D eigenvalue weighted by atomic mass is 10.1. The molecule has 0 aliphatic carbocycles. The highest BCUT2D eigenvalue weighted by Gasteiger charge is 2.06. The third-order valence-corrected chi connectivity index (χ3v) is 4.44. The molecule has 0 saturated heterocycles. The Morgan fingerprint density at radius 1 is 1.07 bits per heavy atom. The first-order valence-corrected chi connectivity index (χ1v) is 6.91. The van der Waals surface area contributed by atoms with Crippen molar-refractivity contribution in [2.24, 2.45) is 5.92 Å². The summed E-state index contributed by atoms with van der Waals surface area (Å²) < 4.78 is 0. The van der Waals surface area contributed by atoms with Crippen LogP contribution in [0.2, 0.25) is 0 Å². The van der Waals surface area contributed by atoms with Crippen molar-refractivity contribution >= 4 is 11.8 Å². The molecule has 0 amide bonds. The standard InChI is InChI=1S/C12H27NS/c1-10(2)12(4)14-9-7-6-8-11(3)13-5/h10-13H,6-9H2,1-5H3. The van der Waals surface area contributed by atoms with E-state index in [2.05, 4.69) is 44.8 Å². The summed E-state index contributed by atoms with van der Waals surface area (Å²) in [5.41, 5.74) is 0. The molecule has 0 fully saturated rings. The van der Waals surface area contributed by atoms with Crippen LogP contribution in [0.3, 0.4) is 0 Å². The molecule has 1 nitrogen and oxygen atoms in total. The molecular formula is C12H27NS. The van der Waals surface area contributed by atoms with E-state index in [1.807, 2.05) is 7.05 Å². The topological polar surface area (TPSA) is 12.0 Å². The molecule has 0 heterocycles. The van der Waals surface area contributed by atoms with Crippen molar-refractivity contribution in [1.29, 1.82) is 0 Å². The quantitative estimate of drug-likeness (QED) is 0.624. The van der Waals surface area contributed by atoms with Gasteiger partial charge in [0, 0.05) is 11.3 Å². The lowest BCUT2D eigenvalue weighted by Crippen LogP contribution is -2.20. The van der Waals surface area contributed by atoms with Crippen LogP contribution in [0.1, 0.15) is 47.0 Å². The summed E-state index contributed by atoms with van der Waals surface area (Å²) in [6, 6.07) is 0.683. The van der Waals surface area contributed by atoms with Crippen LogP contribution in [-0.2, 0) is 0 Å². The highest BCUT2D eigenvalue weighted by atomic mass is 32.2. The van der Waals surface area contributed by atoms with Gasteiger partial charge in [0.05, 0.1) is 0 Å². The van der Waals surface area contributed by atoms with Crippen molar-refractivity contribution in [1.82, 2.24) is 5.32 Å². The predicted octanol–water partition coefficient (Wildman–Crippen LogP) is 3.54. The minimum absolute atomic E-state index is 0.683. The fourth-order valence-corrected chi connectivity index (χ4v) is 2.29. The fraction of sp³-hybridized carbons (Fsp3) is 1.00. The Kier molecular flexibility index (Phi) is 8.80. The van der Waals surface area contributed by atoms with E-state index >= 15 is 0 Å². The summed E-state index contributed by atoms with van der Waals surface area (Å²) >= 11 is 2.12. The van der Waals surface area contributed by atoms with Gasteiger partial charge in [0.25, 0.3) is 0 Å². The van der Waals surface area contributed by atoms with Gasteiger partial charge in [-0.15, -0.1) is 0 Å². The third kappa shape index (κ3) is 7.69. The van der Waals surface area contributed by atoms with Gasteiger partial charge in [0.2, 0.25) is 0 Å². The van der Waals surface area contributed by atoms with Gasteiger partial charge in [-0.05, 0) is 38.5 Å². The maximum atomic E-state index is 3.28. The second-order valence-corrected chi connectivity index (χ2v) is 5.99. The average Bonchev–Trinajstić information content (AvgIpc) is 2.16. The maximum absolute atomic E-state index is 3.28. The second kappa shape index (κ2) is 8.60. The van der Waals surface area contributed by atoms with E-state index in [1.54, 1.807) is 0 Å². The highest BCUT2D eigenvalue weighted by molar-refractivity contribution is 7.99. The molecule has 0 bridgehead atoms. The second-order valence-electron chi connectivity index (χ2n) is 4.51. The van der Waals surface area contributed by atoms with E-state index in [0.717, 1.165) is 11.2 Å². The molecule has 0 radical (unpaired) electrons. The van der Waals surface area contributed by atoms with E-state index < -0.39 is 0 Å². The van der Waals surface area contributed by atoms with Gasteiger partial charge in [0.1, 0.15) is 0 Å². The molecule has 0 aromatic rings. The first kappa shape index (κ1) is 14.3. The van der Waals surface area contributed by atoms with Crippen LogP contribution >= 0.6 is 11.8 Å². The first-order chi connectivity index (χ1) is 6.57. The normalized spacial score (nSPS) is 15.9. The van der Waals surface area contributed by atoms with E-state index in [1.165, 1.54) is 25.0 Å². The Labute approximate surface area is 94.4 Å². The molecule has 86 valence electrons. The van der Waals surface area contributed by atoms with Crippen LogP contribution in [0.15, 0.2) is 0 Å².